The summed E-state index contributed by atoms with van der Waals surface area (Å²) in [7, 11) is 1.84. The summed E-state index contributed by atoms with van der Waals surface area (Å²) in [5.41, 5.74) is 0. The van der Waals surface area contributed by atoms with Gasteiger partial charge in [-0.05, 0) is 13.5 Å². The Morgan fingerprint density at radius 2 is 2.38 bits per heavy atom. The molecule has 1 heterocycles. The predicted octanol–water partition coefficient (Wildman–Crippen LogP) is 1.41. The summed E-state index contributed by atoms with van der Waals surface area (Å²) in [4.78, 5) is 18.8. The van der Waals surface area contributed by atoms with E-state index in [1.807, 2.05) is 27.1 Å². The Morgan fingerprint density at radius 3 is 2.94 bits per heavy atom. The molecular weight excluding hydrogens is 222 g/mol. The fourth-order valence-corrected chi connectivity index (χ4v) is 2.21. The topological polar surface area (TPSA) is 45.2 Å². The summed E-state index contributed by atoms with van der Waals surface area (Å²) in [6.45, 7) is 6.33. The van der Waals surface area contributed by atoms with E-state index in [-0.39, 0.29) is 5.91 Å². The summed E-state index contributed by atoms with van der Waals surface area (Å²) >= 11 is 1.64. The first-order valence-corrected chi connectivity index (χ1v) is 6.31. The van der Waals surface area contributed by atoms with Crippen molar-refractivity contribution in [1.29, 1.82) is 0 Å². The molecule has 4 nitrogen and oxygen atoms in total. The first-order chi connectivity index (χ1) is 7.63. The van der Waals surface area contributed by atoms with Gasteiger partial charge in [0.15, 0.2) is 0 Å². The molecular formula is C11H19N3OS. The van der Waals surface area contributed by atoms with Gasteiger partial charge in [0.05, 0.1) is 11.6 Å². The van der Waals surface area contributed by atoms with Gasteiger partial charge in [-0.3, -0.25) is 4.79 Å². The SMILES string of the molecule is CCNCCC(=O)N(C)Cc1cnc(C)s1. The second kappa shape index (κ2) is 6.60. The summed E-state index contributed by atoms with van der Waals surface area (Å²) in [6, 6.07) is 0. The summed E-state index contributed by atoms with van der Waals surface area (Å²) in [5, 5.41) is 4.19. The van der Waals surface area contributed by atoms with Crippen LogP contribution in [0.5, 0.6) is 0 Å². The average Bonchev–Trinajstić information content (AvgIpc) is 2.64. The van der Waals surface area contributed by atoms with E-state index in [0.717, 1.165) is 23.0 Å². The Kier molecular flexibility index (Phi) is 5.42. The Balaban J connectivity index is 2.34. The monoisotopic (exact) mass is 241 g/mol. The molecule has 0 aliphatic rings. The smallest absolute Gasteiger partial charge is 0.223 e. The molecule has 1 rings (SSSR count). The molecule has 0 atom stereocenters. The molecule has 5 heteroatoms. The highest BCUT2D eigenvalue weighted by Crippen LogP contribution is 2.13. The largest absolute Gasteiger partial charge is 0.341 e. The van der Waals surface area contributed by atoms with Gasteiger partial charge in [0, 0.05) is 31.1 Å². The van der Waals surface area contributed by atoms with Crippen LogP contribution in [0.4, 0.5) is 0 Å². The zero-order chi connectivity index (χ0) is 12.0. The fourth-order valence-electron chi connectivity index (χ4n) is 1.36. The lowest BCUT2D eigenvalue weighted by molar-refractivity contribution is -0.130. The number of nitrogens with one attached hydrogen (secondary N) is 1. The zero-order valence-corrected chi connectivity index (χ0v) is 10.9. The van der Waals surface area contributed by atoms with Crippen LogP contribution in [0.2, 0.25) is 0 Å². The first-order valence-electron chi connectivity index (χ1n) is 5.49. The molecule has 0 fully saturated rings. The van der Waals surface area contributed by atoms with E-state index < -0.39 is 0 Å². The quantitative estimate of drug-likeness (QED) is 0.766. The number of nitrogens with zero attached hydrogens (tertiary/aromatic N) is 2. The second-order valence-corrected chi connectivity index (χ2v) is 5.02. The maximum absolute atomic E-state index is 11.7. The normalized spacial score (nSPS) is 10.4. The van der Waals surface area contributed by atoms with E-state index in [0.29, 0.717) is 13.0 Å². The second-order valence-electron chi connectivity index (χ2n) is 3.70. The van der Waals surface area contributed by atoms with E-state index in [1.165, 1.54) is 0 Å². The van der Waals surface area contributed by atoms with Gasteiger partial charge in [-0.15, -0.1) is 11.3 Å². The molecule has 16 heavy (non-hydrogen) atoms. The third kappa shape index (κ3) is 4.28. The number of thiazole rings is 1. The molecule has 90 valence electrons. The number of aryl methyl sites for hydroxylation is 1. The maximum atomic E-state index is 11.7. The van der Waals surface area contributed by atoms with Gasteiger partial charge in [-0.25, -0.2) is 4.98 Å². The predicted molar refractivity (Wildman–Crippen MR) is 66.5 cm³/mol. The lowest BCUT2D eigenvalue weighted by Crippen LogP contribution is -2.29. The van der Waals surface area contributed by atoms with E-state index in [2.05, 4.69) is 10.3 Å². The molecule has 0 bridgehead atoms. The molecule has 0 aromatic carbocycles. The molecule has 1 aromatic heterocycles. The summed E-state index contributed by atoms with van der Waals surface area (Å²) in [5.74, 6) is 0.173. The van der Waals surface area contributed by atoms with Crippen molar-refractivity contribution in [2.24, 2.45) is 0 Å². The van der Waals surface area contributed by atoms with Crippen LogP contribution in [-0.4, -0.2) is 35.9 Å². The molecule has 1 aromatic rings. The van der Waals surface area contributed by atoms with E-state index in [4.69, 9.17) is 0 Å². The maximum Gasteiger partial charge on any atom is 0.223 e. The highest BCUT2D eigenvalue weighted by molar-refractivity contribution is 7.11. The Labute approximate surface area is 101 Å². The molecule has 1 N–H and O–H groups in total. The van der Waals surface area contributed by atoms with Gasteiger partial charge in [0.2, 0.25) is 5.91 Å². The van der Waals surface area contributed by atoms with Gasteiger partial charge >= 0.3 is 0 Å². The average molecular weight is 241 g/mol. The van der Waals surface area contributed by atoms with Crippen LogP contribution < -0.4 is 5.32 Å². The molecule has 0 spiro atoms. The fraction of sp³-hybridized carbons (Fsp3) is 0.636. The van der Waals surface area contributed by atoms with Crippen LogP contribution in [0.25, 0.3) is 0 Å². The number of rotatable bonds is 6. The molecule has 0 saturated heterocycles. The molecule has 0 aliphatic heterocycles. The number of carbonyl (C=O) groups excluding carboxylic acids is 1. The minimum Gasteiger partial charge on any atom is -0.341 e. The molecule has 0 radical (unpaired) electrons. The van der Waals surface area contributed by atoms with E-state index >= 15 is 0 Å². The van der Waals surface area contributed by atoms with Crippen molar-refractivity contribution < 1.29 is 4.79 Å². The number of hydrogen-bond donors (Lipinski definition) is 1. The van der Waals surface area contributed by atoms with Crippen molar-refractivity contribution in [2.45, 2.75) is 26.8 Å². The molecule has 0 unspecified atom stereocenters. The Morgan fingerprint density at radius 1 is 1.62 bits per heavy atom. The van der Waals surface area contributed by atoms with Crippen LogP contribution in [0, 0.1) is 6.92 Å². The molecule has 0 saturated carbocycles. The minimum atomic E-state index is 0.173. The lowest BCUT2D eigenvalue weighted by atomic mass is 10.3. The number of hydrogen-bond acceptors (Lipinski definition) is 4. The minimum absolute atomic E-state index is 0.173. The lowest BCUT2D eigenvalue weighted by Gasteiger charge is -2.15. The third-order valence-corrected chi connectivity index (χ3v) is 3.15. The van der Waals surface area contributed by atoms with Crippen molar-refractivity contribution >= 4 is 17.2 Å². The Hall–Kier alpha value is -0.940. The van der Waals surface area contributed by atoms with Crippen molar-refractivity contribution in [3.63, 3.8) is 0 Å². The third-order valence-electron chi connectivity index (χ3n) is 2.25. The summed E-state index contributed by atoms with van der Waals surface area (Å²) in [6.07, 6.45) is 2.40. The van der Waals surface area contributed by atoms with Crippen LogP contribution in [0.15, 0.2) is 6.20 Å². The van der Waals surface area contributed by atoms with Crippen molar-refractivity contribution in [2.75, 3.05) is 20.1 Å². The first kappa shape index (κ1) is 13.1. The number of amides is 1. The van der Waals surface area contributed by atoms with Crippen LogP contribution in [0.1, 0.15) is 23.2 Å². The van der Waals surface area contributed by atoms with Crippen LogP contribution >= 0.6 is 11.3 Å². The Bertz CT molecular complexity index is 338. The summed E-state index contributed by atoms with van der Waals surface area (Å²) < 4.78 is 0. The number of aromatic nitrogens is 1. The highest BCUT2D eigenvalue weighted by Gasteiger charge is 2.09. The van der Waals surface area contributed by atoms with Crippen molar-refractivity contribution in [3.05, 3.63) is 16.1 Å². The molecule has 1 amide bonds. The standard InChI is InChI=1S/C11H19N3OS/c1-4-12-6-5-11(15)14(3)8-10-7-13-9(2)16-10/h7,12H,4-6,8H2,1-3H3. The van der Waals surface area contributed by atoms with Gasteiger partial charge in [0.25, 0.3) is 0 Å². The van der Waals surface area contributed by atoms with E-state index in [9.17, 15) is 4.79 Å². The van der Waals surface area contributed by atoms with Gasteiger partial charge < -0.3 is 10.2 Å². The number of carbonyl (C=O) groups is 1. The van der Waals surface area contributed by atoms with E-state index in [1.54, 1.807) is 16.2 Å². The van der Waals surface area contributed by atoms with Crippen LogP contribution in [-0.2, 0) is 11.3 Å². The zero-order valence-electron chi connectivity index (χ0n) is 10.1. The van der Waals surface area contributed by atoms with Gasteiger partial charge in [0.1, 0.15) is 0 Å². The highest BCUT2D eigenvalue weighted by atomic mass is 32.1. The van der Waals surface area contributed by atoms with Gasteiger partial charge in [-0.1, -0.05) is 6.92 Å². The molecule has 0 aliphatic carbocycles. The van der Waals surface area contributed by atoms with Crippen molar-refractivity contribution in [3.8, 4) is 0 Å². The van der Waals surface area contributed by atoms with Gasteiger partial charge in [-0.2, -0.15) is 0 Å². The van der Waals surface area contributed by atoms with Crippen molar-refractivity contribution in [1.82, 2.24) is 15.2 Å². The van der Waals surface area contributed by atoms with Crippen LogP contribution in [0.3, 0.4) is 0 Å².